The maximum atomic E-state index is 12.1. The van der Waals surface area contributed by atoms with E-state index in [2.05, 4.69) is 27.6 Å². The predicted octanol–water partition coefficient (Wildman–Crippen LogP) is 3.96. The van der Waals surface area contributed by atoms with Crippen molar-refractivity contribution in [2.24, 2.45) is 0 Å². The van der Waals surface area contributed by atoms with Gasteiger partial charge in [0.05, 0.1) is 13.3 Å². The summed E-state index contributed by atoms with van der Waals surface area (Å²) in [7, 11) is 1.64. The standard InChI is InChI=1S/C16H14FIN2O2/c1-21-13-6-7-14-19-15(16(18)20(14)10-13)11-2-4-12(5-3-11)22-9-8-17/h2-7,10H,8-9H2,1H3/i18-4. The van der Waals surface area contributed by atoms with Crippen LogP contribution in [0.5, 0.6) is 11.5 Å². The number of rotatable bonds is 5. The average Bonchev–Trinajstić information content (AvgIpc) is 2.90. The number of pyridine rings is 1. The number of hydrogen-bond acceptors (Lipinski definition) is 3. The molecule has 2 heterocycles. The van der Waals surface area contributed by atoms with Crippen molar-refractivity contribution in [1.82, 2.24) is 9.38 Å². The summed E-state index contributed by atoms with van der Waals surface area (Å²) in [5.41, 5.74) is 2.74. The molecule has 0 aliphatic heterocycles. The molecule has 6 heteroatoms. The van der Waals surface area contributed by atoms with Gasteiger partial charge in [0, 0.05) is 5.56 Å². The van der Waals surface area contributed by atoms with Gasteiger partial charge in [-0.25, -0.2) is 9.37 Å². The number of aromatic nitrogens is 2. The monoisotopic (exact) mass is 408 g/mol. The van der Waals surface area contributed by atoms with E-state index in [-0.39, 0.29) is 6.61 Å². The van der Waals surface area contributed by atoms with Crippen molar-refractivity contribution < 1.29 is 13.9 Å². The number of benzene rings is 1. The molecule has 0 aliphatic rings. The van der Waals surface area contributed by atoms with Crippen LogP contribution in [0.2, 0.25) is 0 Å². The molecule has 1 aromatic carbocycles. The van der Waals surface area contributed by atoms with Crippen LogP contribution >= 0.6 is 22.6 Å². The fourth-order valence-corrected chi connectivity index (χ4v) is 2.98. The molecule has 0 saturated carbocycles. The second-order valence-electron chi connectivity index (χ2n) is 4.61. The fourth-order valence-electron chi connectivity index (χ4n) is 2.17. The molecule has 0 radical (unpaired) electrons. The first kappa shape index (κ1) is 15.1. The van der Waals surface area contributed by atoms with E-state index >= 15 is 0 Å². The van der Waals surface area contributed by atoms with E-state index in [1.54, 1.807) is 7.11 Å². The highest BCUT2D eigenvalue weighted by atomic mass is 123. The molecule has 0 N–H and O–H groups in total. The third-order valence-corrected chi connectivity index (χ3v) is 4.27. The molecule has 3 aromatic rings. The normalized spacial score (nSPS) is 10.9. The molecule has 0 bridgehead atoms. The Balaban J connectivity index is 1.97. The lowest BCUT2D eigenvalue weighted by Gasteiger charge is -2.04. The minimum atomic E-state index is -0.492. The van der Waals surface area contributed by atoms with E-state index < -0.39 is 6.67 Å². The zero-order valence-corrected chi connectivity index (χ0v) is 14.1. The molecule has 2 aromatic heterocycles. The number of methoxy groups -OCH3 is 1. The molecular weight excluding hydrogens is 394 g/mol. The quantitative estimate of drug-likeness (QED) is 0.600. The lowest BCUT2D eigenvalue weighted by atomic mass is 10.2. The van der Waals surface area contributed by atoms with Crippen LogP contribution in [0.25, 0.3) is 16.9 Å². The molecule has 0 saturated heterocycles. The van der Waals surface area contributed by atoms with Gasteiger partial charge < -0.3 is 9.47 Å². The topological polar surface area (TPSA) is 35.8 Å². The van der Waals surface area contributed by atoms with E-state index in [9.17, 15) is 4.39 Å². The molecular formula is C16H14FIN2O2. The van der Waals surface area contributed by atoms with Crippen LogP contribution < -0.4 is 9.47 Å². The molecule has 0 atom stereocenters. The van der Waals surface area contributed by atoms with E-state index in [0.29, 0.717) is 5.75 Å². The van der Waals surface area contributed by atoms with Crippen LogP contribution in [-0.4, -0.2) is 29.8 Å². The second-order valence-corrected chi connectivity index (χ2v) is 5.63. The Morgan fingerprint density at radius 2 is 1.86 bits per heavy atom. The Morgan fingerprint density at radius 1 is 1.14 bits per heavy atom. The van der Waals surface area contributed by atoms with E-state index in [4.69, 9.17) is 9.47 Å². The van der Waals surface area contributed by atoms with Gasteiger partial charge in [-0.1, -0.05) is 0 Å². The Kier molecular flexibility index (Phi) is 4.47. The lowest BCUT2D eigenvalue weighted by molar-refractivity contribution is 0.273. The zero-order chi connectivity index (χ0) is 15.5. The third kappa shape index (κ3) is 2.87. The minimum Gasteiger partial charge on any atom is -0.495 e. The molecule has 0 fully saturated rings. The summed E-state index contributed by atoms with van der Waals surface area (Å²) in [5, 5.41) is 0. The number of halogens is 2. The fraction of sp³-hybridized carbons (Fsp3) is 0.188. The SMILES string of the molecule is COc1ccc2nc(-c3ccc(OCCF)cc3)c([123I])n2c1. The number of alkyl halides is 1. The van der Waals surface area contributed by atoms with Crippen LogP contribution in [0, 0.1) is 3.70 Å². The number of fused-ring (bicyclic) bond motifs is 1. The van der Waals surface area contributed by atoms with Crippen LogP contribution in [-0.2, 0) is 0 Å². The van der Waals surface area contributed by atoms with Gasteiger partial charge in [0.15, 0.2) is 0 Å². The van der Waals surface area contributed by atoms with Crippen molar-refractivity contribution in [1.29, 1.82) is 0 Å². The van der Waals surface area contributed by atoms with Gasteiger partial charge in [-0.3, -0.25) is 4.40 Å². The van der Waals surface area contributed by atoms with E-state index in [1.165, 1.54) is 0 Å². The summed E-state index contributed by atoms with van der Waals surface area (Å²) < 4.78 is 25.6. The Morgan fingerprint density at radius 3 is 2.55 bits per heavy atom. The summed E-state index contributed by atoms with van der Waals surface area (Å²) in [4.78, 5) is 4.65. The molecule has 114 valence electrons. The smallest absolute Gasteiger partial charge is 0.138 e. The highest BCUT2D eigenvalue weighted by Crippen LogP contribution is 2.28. The van der Waals surface area contributed by atoms with Crippen LogP contribution in [0.1, 0.15) is 0 Å². The van der Waals surface area contributed by atoms with Gasteiger partial charge in [-0.05, 0) is 59.0 Å². The minimum absolute atomic E-state index is 0.0744. The molecule has 0 unspecified atom stereocenters. The number of imidazole rings is 1. The Bertz CT molecular complexity index is 787. The van der Waals surface area contributed by atoms with Crippen LogP contribution in [0.4, 0.5) is 4.39 Å². The summed E-state index contributed by atoms with van der Waals surface area (Å²) in [6.07, 6.45) is 1.91. The first-order valence-corrected chi connectivity index (χ1v) is 7.81. The van der Waals surface area contributed by atoms with Crippen LogP contribution in [0.15, 0.2) is 42.6 Å². The maximum Gasteiger partial charge on any atom is 0.138 e. The van der Waals surface area contributed by atoms with Crippen molar-refractivity contribution in [3.63, 3.8) is 0 Å². The molecule has 22 heavy (non-hydrogen) atoms. The molecule has 0 spiro atoms. The number of nitrogens with zero attached hydrogens (tertiary/aromatic N) is 2. The van der Waals surface area contributed by atoms with Crippen molar-refractivity contribution in [3.05, 3.63) is 46.3 Å². The second kappa shape index (κ2) is 6.51. The number of ether oxygens (including phenoxy) is 2. The van der Waals surface area contributed by atoms with Crippen LogP contribution in [0.3, 0.4) is 0 Å². The largest absolute Gasteiger partial charge is 0.495 e. The van der Waals surface area contributed by atoms with Crippen molar-refractivity contribution in [2.45, 2.75) is 0 Å². The van der Waals surface area contributed by atoms with E-state index in [1.807, 2.05) is 47.0 Å². The average molecular weight is 408 g/mol. The highest BCUT2D eigenvalue weighted by Gasteiger charge is 2.12. The van der Waals surface area contributed by atoms with Gasteiger partial charge in [0.2, 0.25) is 0 Å². The lowest BCUT2D eigenvalue weighted by Crippen LogP contribution is -1.98. The van der Waals surface area contributed by atoms with Gasteiger partial charge in [0.1, 0.15) is 39.8 Å². The van der Waals surface area contributed by atoms with Crippen molar-refractivity contribution in [3.8, 4) is 22.8 Å². The first-order chi connectivity index (χ1) is 10.7. The van der Waals surface area contributed by atoms with Crippen molar-refractivity contribution in [2.75, 3.05) is 20.4 Å². The van der Waals surface area contributed by atoms with Gasteiger partial charge in [0.25, 0.3) is 0 Å². The first-order valence-electron chi connectivity index (χ1n) is 6.73. The van der Waals surface area contributed by atoms with Gasteiger partial charge in [-0.2, -0.15) is 0 Å². The molecule has 0 aliphatic carbocycles. The third-order valence-electron chi connectivity index (χ3n) is 3.24. The van der Waals surface area contributed by atoms with Gasteiger partial charge >= 0.3 is 0 Å². The predicted molar refractivity (Wildman–Crippen MR) is 91.4 cm³/mol. The zero-order valence-electron chi connectivity index (χ0n) is 11.9. The molecule has 3 rings (SSSR count). The number of hydrogen-bond donors (Lipinski definition) is 0. The summed E-state index contributed by atoms with van der Waals surface area (Å²) in [5.74, 6) is 1.44. The molecule has 4 nitrogen and oxygen atoms in total. The highest BCUT2D eigenvalue weighted by molar-refractivity contribution is 14.1. The van der Waals surface area contributed by atoms with Crippen molar-refractivity contribution >= 4 is 28.2 Å². The Labute approximate surface area is 141 Å². The van der Waals surface area contributed by atoms with E-state index in [0.717, 1.165) is 26.4 Å². The molecule has 0 amide bonds. The Hall–Kier alpha value is -1.83. The summed E-state index contributed by atoms with van der Waals surface area (Å²) >= 11 is 2.27. The summed E-state index contributed by atoms with van der Waals surface area (Å²) in [6.45, 7) is -0.418. The summed E-state index contributed by atoms with van der Waals surface area (Å²) in [6, 6.07) is 11.3. The maximum absolute atomic E-state index is 12.1. The van der Waals surface area contributed by atoms with Gasteiger partial charge in [-0.15, -0.1) is 0 Å².